The van der Waals surface area contributed by atoms with E-state index in [-0.39, 0.29) is 17.2 Å². The zero-order valence-corrected chi connectivity index (χ0v) is 15.0. The fourth-order valence-corrected chi connectivity index (χ4v) is 3.97. The minimum absolute atomic E-state index is 0.119. The van der Waals surface area contributed by atoms with Gasteiger partial charge in [-0.2, -0.15) is 0 Å². The van der Waals surface area contributed by atoms with Crippen molar-refractivity contribution in [3.8, 4) is 0 Å². The molecule has 0 aliphatic heterocycles. The molecule has 0 unspecified atom stereocenters. The summed E-state index contributed by atoms with van der Waals surface area (Å²) in [6.45, 7) is 3.99. The number of para-hydroxylation sites is 1. The molecule has 0 atom stereocenters. The van der Waals surface area contributed by atoms with Crippen molar-refractivity contribution in [3.63, 3.8) is 0 Å². The number of aromatic nitrogens is 2. The lowest BCUT2D eigenvalue weighted by Crippen LogP contribution is -2.16. The van der Waals surface area contributed by atoms with Gasteiger partial charge < -0.3 is 10.3 Å². The molecular weight excluding hydrogens is 342 g/mol. The molecule has 2 heterocycles. The van der Waals surface area contributed by atoms with E-state index in [1.54, 1.807) is 0 Å². The molecule has 2 aromatic heterocycles. The largest absolute Gasteiger partial charge is 0.325 e. The Morgan fingerprint density at radius 3 is 2.96 bits per heavy atom. The molecule has 2 N–H and O–H groups in total. The standard InChI is InChI=1S/C17H17N3O2S2/c1-3-11-6-4-5-7-13(11)18-14(21)9-23-17-19-15(22)12-8-10(2)24-16(12)20-17/h4-8H,3,9H2,1-2H3,(H,18,21)(H,19,20,22). The minimum atomic E-state index is -0.163. The maximum atomic E-state index is 12.2. The molecule has 0 saturated heterocycles. The van der Waals surface area contributed by atoms with Crippen LogP contribution in [0.3, 0.4) is 0 Å². The van der Waals surface area contributed by atoms with Crippen molar-refractivity contribution in [2.24, 2.45) is 0 Å². The Hall–Kier alpha value is -2.12. The van der Waals surface area contributed by atoms with Gasteiger partial charge in [0, 0.05) is 10.6 Å². The maximum Gasteiger partial charge on any atom is 0.260 e. The Labute approximate surface area is 147 Å². The number of aromatic amines is 1. The second kappa shape index (κ2) is 7.19. The van der Waals surface area contributed by atoms with Crippen molar-refractivity contribution in [2.45, 2.75) is 25.4 Å². The molecule has 0 fully saturated rings. The molecule has 5 nitrogen and oxygen atoms in total. The van der Waals surface area contributed by atoms with Crippen LogP contribution in [0.25, 0.3) is 10.2 Å². The lowest BCUT2D eigenvalue weighted by molar-refractivity contribution is -0.113. The van der Waals surface area contributed by atoms with Gasteiger partial charge in [0.1, 0.15) is 4.83 Å². The Morgan fingerprint density at radius 1 is 1.38 bits per heavy atom. The molecule has 0 radical (unpaired) electrons. The number of H-pyrrole nitrogens is 1. The highest BCUT2D eigenvalue weighted by atomic mass is 32.2. The van der Waals surface area contributed by atoms with E-state index in [1.165, 1.54) is 23.1 Å². The van der Waals surface area contributed by atoms with Gasteiger partial charge in [-0.15, -0.1) is 11.3 Å². The van der Waals surface area contributed by atoms with Crippen LogP contribution in [0.1, 0.15) is 17.4 Å². The fraction of sp³-hybridized carbons (Fsp3) is 0.235. The lowest BCUT2D eigenvalue weighted by Gasteiger charge is -2.09. The van der Waals surface area contributed by atoms with Gasteiger partial charge in [0.25, 0.3) is 5.56 Å². The number of benzene rings is 1. The van der Waals surface area contributed by atoms with Gasteiger partial charge in [-0.25, -0.2) is 4.98 Å². The number of amides is 1. The minimum Gasteiger partial charge on any atom is -0.325 e. The van der Waals surface area contributed by atoms with Gasteiger partial charge in [-0.05, 0) is 31.0 Å². The second-order valence-electron chi connectivity index (χ2n) is 5.29. The van der Waals surface area contributed by atoms with Gasteiger partial charge in [0.15, 0.2) is 5.16 Å². The molecule has 3 aromatic rings. The van der Waals surface area contributed by atoms with Crippen molar-refractivity contribution in [2.75, 3.05) is 11.1 Å². The van der Waals surface area contributed by atoms with Crippen LogP contribution in [-0.2, 0) is 11.2 Å². The number of nitrogens with zero attached hydrogens (tertiary/aromatic N) is 1. The normalized spacial score (nSPS) is 10.9. The molecule has 0 saturated carbocycles. The van der Waals surface area contributed by atoms with E-state index in [0.717, 1.165) is 22.5 Å². The highest BCUT2D eigenvalue weighted by molar-refractivity contribution is 7.99. The highest BCUT2D eigenvalue weighted by Gasteiger charge is 2.10. The number of nitrogens with one attached hydrogen (secondary N) is 2. The first-order chi connectivity index (χ1) is 11.6. The molecule has 7 heteroatoms. The first-order valence-corrected chi connectivity index (χ1v) is 9.38. The Kier molecular flexibility index (Phi) is 5.01. The Balaban J connectivity index is 1.69. The number of fused-ring (bicyclic) bond motifs is 1. The zero-order valence-electron chi connectivity index (χ0n) is 13.4. The molecule has 3 rings (SSSR count). The molecule has 1 aromatic carbocycles. The highest BCUT2D eigenvalue weighted by Crippen LogP contribution is 2.23. The van der Waals surface area contributed by atoms with E-state index in [4.69, 9.17) is 0 Å². The number of aryl methyl sites for hydroxylation is 2. The van der Waals surface area contributed by atoms with E-state index in [2.05, 4.69) is 15.3 Å². The van der Waals surface area contributed by atoms with Crippen molar-refractivity contribution in [3.05, 3.63) is 51.1 Å². The summed E-state index contributed by atoms with van der Waals surface area (Å²) in [5, 5.41) is 3.98. The van der Waals surface area contributed by atoms with E-state index in [9.17, 15) is 9.59 Å². The number of thioether (sulfide) groups is 1. The molecule has 1 amide bonds. The average Bonchev–Trinajstić information content (AvgIpc) is 2.94. The molecule has 0 aliphatic rings. The van der Waals surface area contributed by atoms with Gasteiger partial charge in [-0.1, -0.05) is 36.9 Å². The molecular formula is C17H17N3O2S2. The van der Waals surface area contributed by atoms with E-state index >= 15 is 0 Å². The van der Waals surface area contributed by atoms with E-state index in [1.807, 2.05) is 44.2 Å². The number of carbonyl (C=O) groups is 1. The smallest absolute Gasteiger partial charge is 0.260 e. The van der Waals surface area contributed by atoms with Gasteiger partial charge in [0.2, 0.25) is 5.91 Å². The van der Waals surface area contributed by atoms with Crippen LogP contribution in [0.5, 0.6) is 0 Å². The predicted molar refractivity (Wildman–Crippen MR) is 100 cm³/mol. The summed E-state index contributed by atoms with van der Waals surface area (Å²) in [7, 11) is 0. The van der Waals surface area contributed by atoms with Crippen molar-refractivity contribution >= 4 is 44.9 Å². The SMILES string of the molecule is CCc1ccccc1NC(=O)CSc1nc2sc(C)cc2c(=O)[nH]1. The topological polar surface area (TPSA) is 74.8 Å². The van der Waals surface area contributed by atoms with Gasteiger partial charge in [-0.3, -0.25) is 9.59 Å². The summed E-state index contributed by atoms with van der Waals surface area (Å²) in [6, 6.07) is 9.57. The third kappa shape index (κ3) is 3.68. The zero-order chi connectivity index (χ0) is 17.1. The first kappa shape index (κ1) is 16.7. The number of carbonyl (C=O) groups excluding carboxylic acids is 1. The van der Waals surface area contributed by atoms with Gasteiger partial charge >= 0.3 is 0 Å². The van der Waals surface area contributed by atoms with Crippen molar-refractivity contribution in [1.29, 1.82) is 0 Å². The average molecular weight is 359 g/mol. The Bertz CT molecular complexity index is 946. The van der Waals surface area contributed by atoms with Crippen LogP contribution in [0.15, 0.2) is 40.3 Å². The molecule has 0 bridgehead atoms. The molecule has 0 spiro atoms. The van der Waals surface area contributed by atoms with E-state index < -0.39 is 0 Å². The number of hydrogen-bond acceptors (Lipinski definition) is 5. The number of anilines is 1. The fourth-order valence-electron chi connectivity index (χ4n) is 2.37. The van der Waals surface area contributed by atoms with Crippen LogP contribution in [0.2, 0.25) is 0 Å². The monoisotopic (exact) mass is 359 g/mol. The summed E-state index contributed by atoms with van der Waals surface area (Å²) < 4.78 is 0. The summed E-state index contributed by atoms with van der Waals surface area (Å²) in [6.07, 6.45) is 0.854. The van der Waals surface area contributed by atoms with Crippen LogP contribution in [-0.4, -0.2) is 21.6 Å². The quantitative estimate of drug-likeness (QED) is 0.539. The summed E-state index contributed by atoms with van der Waals surface area (Å²) in [5.41, 5.74) is 1.76. The first-order valence-electron chi connectivity index (χ1n) is 7.58. The third-order valence-corrected chi connectivity index (χ3v) is 5.33. The number of hydrogen-bond donors (Lipinski definition) is 2. The van der Waals surface area contributed by atoms with Crippen LogP contribution >= 0.6 is 23.1 Å². The summed E-state index contributed by atoms with van der Waals surface area (Å²) in [4.78, 5) is 33.1. The van der Waals surface area contributed by atoms with Crippen molar-refractivity contribution < 1.29 is 4.79 Å². The number of thiophene rings is 1. The Morgan fingerprint density at radius 2 is 2.17 bits per heavy atom. The van der Waals surface area contributed by atoms with Crippen LogP contribution in [0, 0.1) is 6.92 Å². The number of rotatable bonds is 5. The van der Waals surface area contributed by atoms with E-state index in [0.29, 0.717) is 15.4 Å². The third-order valence-electron chi connectivity index (χ3n) is 3.52. The predicted octanol–water partition coefficient (Wildman–Crippen LogP) is 3.59. The lowest BCUT2D eigenvalue weighted by atomic mass is 10.1. The molecule has 24 heavy (non-hydrogen) atoms. The maximum absolute atomic E-state index is 12.2. The summed E-state index contributed by atoms with van der Waals surface area (Å²) >= 11 is 2.70. The van der Waals surface area contributed by atoms with Crippen LogP contribution < -0.4 is 10.9 Å². The molecule has 0 aliphatic carbocycles. The van der Waals surface area contributed by atoms with Crippen LogP contribution in [0.4, 0.5) is 5.69 Å². The van der Waals surface area contributed by atoms with Crippen molar-refractivity contribution in [1.82, 2.24) is 9.97 Å². The second-order valence-corrected chi connectivity index (χ2v) is 7.49. The van der Waals surface area contributed by atoms with Gasteiger partial charge in [0.05, 0.1) is 11.1 Å². The molecule has 124 valence electrons. The summed E-state index contributed by atoms with van der Waals surface area (Å²) in [5.74, 6) is 0.0719.